The first-order valence-corrected chi connectivity index (χ1v) is 8.25. The minimum atomic E-state index is -0.285. The summed E-state index contributed by atoms with van der Waals surface area (Å²) < 4.78 is 0. The van der Waals surface area contributed by atoms with Gasteiger partial charge in [-0.15, -0.1) is 17.9 Å². The van der Waals surface area contributed by atoms with Crippen molar-refractivity contribution in [2.24, 2.45) is 0 Å². The summed E-state index contributed by atoms with van der Waals surface area (Å²) in [6.07, 6.45) is 6.46. The summed E-state index contributed by atoms with van der Waals surface area (Å²) in [5, 5.41) is 3.23. The number of nitrogens with zero attached hydrogens (tertiary/aromatic N) is 2. The van der Waals surface area contributed by atoms with Crippen LogP contribution >= 0.6 is 11.3 Å². The Hall–Kier alpha value is -2.73. The van der Waals surface area contributed by atoms with E-state index in [1.807, 2.05) is 37.3 Å². The van der Waals surface area contributed by atoms with Gasteiger partial charge in [0, 0.05) is 23.7 Å². The Labute approximate surface area is 145 Å². The number of aryl methyl sites for hydroxylation is 1. The van der Waals surface area contributed by atoms with Gasteiger partial charge in [-0.3, -0.25) is 9.59 Å². The molecule has 24 heavy (non-hydrogen) atoms. The fourth-order valence-corrected chi connectivity index (χ4v) is 2.65. The molecule has 0 atom stereocenters. The van der Waals surface area contributed by atoms with E-state index in [1.54, 1.807) is 18.3 Å². The molecule has 1 heterocycles. The molecule has 124 valence electrons. The maximum atomic E-state index is 12.3. The zero-order valence-corrected chi connectivity index (χ0v) is 14.3. The summed E-state index contributed by atoms with van der Waals surface area (Å²) in [7, 11) is 0. The van der Waals surface area contributed by atoms with Gasteiger partial charge in [-0.1, -0.05) is 36.4 Å². The summed E-state index contributed by atoms with van der Waals surface area (Å²) in [6.45, 7) is 5.79. The van der Waals surface area contributed by atoms with Crippen LogP contribution in [0, 0.1) is 6.92 Å². The number of carbonyl (C=O) groups is 2. The molecule has 0 aliphatic carbocycles. The summed E-state index contributed by atoms with van der Waals surface area (Å²) in [5.41, 5.74) is 0.923. The van der Waals surface area contributed by atoms with Gasteiger partial charge in [0.2, 0.25) is 11.8 Å². The molecule has 0 aliphatic rings. The van der Waals surface area contributed by atoms with Crippen LogP contribution in [0.1, 0.15) is 10.4 Å². The number of aromatic nitrogens is 1. The second kappa shape index (κ2) is 8.79. The van der Waals surface area contributed by atoms with Gasteiger partial charge < -0.3 is 10.2 Å². The van der Waals surface area contributed by atoms with E-state index in [9.17, 15) is 9.59 Å². The third kappa shape index (κ3) is 5.48. The second-order valence-corrected chi connectivity index (χ2v) is 6.31. The van der Waals surface area contributed by atoms with Crippen LogP contribution in [0.5, 0.6) is 0 Å². The third-order valence-corrected chi connectivity index (χ3v) is 3.91. The number of nitrogens with one attached hydrogen (secondary N) is 1. The highest BCUT2D eigenvalue weighted by atomic mass is 32.1. The topological polar surface area (TPSA) is 62.3 Å². The maximum Gasteiger partial charge on any atom is 0.247 e. The molecule has 0 aliphatic heterocycles. The minimum absolute atomic E-state index is 0.0530. The highest BCUT2D eigenvalue weighted by molar-refractivity contribution is 7.15. The fourth-order valence-electron chi connectivity index (χ4n) is 1.97. The molecule has 0 spiro atoms. The summed E-state index contributed by atoms with van der Waals surface area (Å²) in [6, 6.07) is 9.51. The van der Waals surface area contributed by atoms with Crippen molar-refractivity contribution in [1.82, 2.24) is 9.88 Å². The highest BCUT2D eigenvalue weighted by Gasteiger charge is 2.14. The zero-order valence-electron chi connectivity index (χ0n) is 13.4. The number of benzene rings is 1. The van der Waals surface area contributed by atoms with Crippen LogP contribution in [-0.2, 0) is 9.59 Å². The second-order valence-electron chi connectivity index (χ2n) is 5.08. The van der Waals surface area contributed by atoms with Crippen LogP contribution in [-0.4, -0.2) is 34.8 Å². The van der Waals surface area contributed by atoms with E-state index in [4.69, 9.17) is 0 Å². The average Bonchev–Trinajstić information content (AvgIpc) is 2.98. The molecule has 1 aromatic heterocycles. The number of rotatable bonds is 7. The molecule has 0 fully saturated rings. The number of hydrogen-bond acceptors (Lipinski definition) is 4. The van der Waals surface area contributed by atoms with Gasteiger partial charge in [0.05, 0.1) is 0 Å². The molecule has 0 radical (unpaired) electrons. The van der Waals surface area contributed by atoms with Crippen molar-refractivity contribution in [3.8, 4) is 0 Å². The van der Waals surface area contributed by atoms with E-state index in [0.717, 1.165) is 10.4 Å². The maximum absolute atomic E-state index is 12.3. The van der Waals surface area contributed by atoms with Crippen LogP contribution in [0.3, 0.4) is 0 Å². The lowest BCUT2D eigenvalue weighted by Gasteiger charge is -2.18. The average molecular weight is 341 g/mol. The number of thiazole rings is 1. The fraction of sp³-hybridized carbons (Fsp3) is 0.167. The molecule has 0 unspecified atom stereocenters. The Bertz CT molecular complexity index is 738. The summed E-state index contributed by atoms with van der Waals surface area (Å²) >= 11 is 1.39. The number of amides is 2. The molecule has 6 heteroatoms. The van der Waals surface area contributed by atoms with E-state index < -0.39 is 0 Å². The molecule has 1 aromatic carbocycles. The lowest BCUT2D eigenvalue weighted by atomic mass is 10.2. The van der Waals surface area contributed by atoms with Crippen molar-refractivity contribution >= 4 is 34.4 Å². The molecular weight excluding hydrogens is 322 g/mol. The first-order chi connectivity index (χ1) is 11.6. The van der Waals surface area contributed by atoms with Crippen molar-refractivity contribution in [2.75, 3.05) is 18.4 Å². The Kier molecular flexibility index (Phi) is 6.45. The lowest BCUT2D eigenvalue weighted by molar-refractivity contribution is -0.129. The van der Waals surface area contributed by atoms with Gasteiger partial charge >= 0.3 is 0 Å². The Balaban J connectivity index is 1.97. The van der Waals surface area contributed by atoms with Crippen molar-refractivity contribution in [3.63, 3.8) is 0 Å². The SMILES string of the molecule is C=CCN(CC(=O)Nc1ncc(C)s1)C(=O)/C=C/c1ccccc1. The molecule has 0 bridgehead atoms. The normalized spacial score (nSPS) is 10.5. The van der Waals surface area contributed by atoms with Crippen LogP contribution in [0.2, 0.25) is 0 Å². The number of anilines is 1. The van der Waals surface area contributed by atoms with E-state index in [0.29, 0.717) is 11.7 Å². The van der Waals surface area contributed by atoms with Crippen LogP contribution in [0.25, 0.3) is 6.08 Å². The molecule has 2 rings (SSSR count). The summed E-state index contributed by atoms with van der Waals surface area (Å²) in [4.78, 5) is 30.9. The van der Waals surface area contributed by atoms with Crippen molar-refractivity contribution in [2.45, 2.75) is 6.92 Å². The van der Waals surface area contributed by atoms with Crippen molar-refractivity contribution in [3.05, 3.63) is 65.7 Å². The molecule has 1 N–H and O–H groups in total. The Morgan fingerprint density at radius 1 is 1.33 bits per heavy atom. The number of carbonyl (C=O) groups excluding carboxylic acids is 2. The van der Waals surface area contributed by atoms with E-state index in [-0.39, 0.29) is 18.4 Å². The number of hydrogen-bond donors (Lipinski definition) is 1. The van der Waals surface area contributed by atoms with Crippen molar-refractivity contribution < 1.29 is 9.59 Å². The van der Waals surface area contributed by atoms with Crippen LogP contribution in [0.15, 0.2) is 55.3 Å². The first-order valence-electron chi connectivity index (χ1n) is 7.43. The molecule has 5 nitrogen and oxygen atoms in total. The smallest absolute Gasteiger partial charge is 0.247 e. The largest absolute Gasteiger partial charge is 0.326 e. The zero-order chi connectivity index (χ0) is 17.4. The van der Waals surface area contributed by atoms with Gasteiger partial charge in [-0.2, -0.15) is 0 Å². The molecule has 0 saturated heterocycles. The quantitative estimate of drug-likeness (QED) is 0.622. The lowest BCUT2D eigenvalue weighted by Crippen LogP contribution is -2.37. The van der Waals surface area contributed by atoms with E-state index in [2.05, 4.69) is 16.9 Å². The van der Waals surface area contributed by atoms with Gasteiger partial charge in [-0.05, 0) is 18.6 Å². The Morgan fingerprint density at radius 2 is 2.08 bits per heavy atom. The van der Waals surface area contributed by atoms with E-state index in [1.165, 1.54) is 22.3 Å². The van der Waals surface area contributed by atoms with Gasteiger partial charge in [0.25, 0.3) is 0 Å². The molecule has 2 amide bonds. The third-order valence-electron chi connectivity index (χ3n) is 3.08. The van der Waals surface area contributed by atoms with Crippen LogP contribution < -0.4 is 5.32 Å². The predicted molar refractivity (Wildman–Crippen MR) is 97.7 cm³/mol. The predicted octanol–water partition coefficient (Wildman–Crippen LogP) is 3.12. The van der Waals surface area contributed by atoms with Crippen molar-refractivity contribution in [1.29, 1.82) is 0 Å². The van der Waals surface area contributed by atoms with Crippen LogP contribution in [0.4, 0.5) is 5.13 Å². The minimum Gasteiger partial charge on any atom is -0.326 e. The molecule has 2 aromatic rings. The van der Waals surface area contributed by atoms with Gasteiger partial charge in [0.15, 0.2) is 5.13 Å². The van der Waals surface area contributed by atoms with E-state index >= 15 is 0 Å². The summed E-state index contributed by atoms with van der Waals surface area (Å²) in [5.74, 6) is -0.531. The first kappa shape index (κ1) is 17.6. The highest BCUT2D eigenvalue weighted by Crippen LogP contribution is 2.16. The van der Waals surface area contributed by atoms with Gasteiger partial charge in [-0.25, -0.2) is 4.98 Å². The molecular formula is C18H19N3O2S. The monoisotopic (exact) mass is 341 g/mol. The standard InChI is InChI=1S/C18H19N3O2S/c1-3-11-21(13-16(22)20-18-19-12-14(2)24-18)17(23)10-9-15-7-5-4-6-8-15/h3-10,12H,1,11,13H2,2H3,(H,19,20,22)/b10-9+. The Morgan fingerprint density at radius 3 is 2.71 bits per heavy atom. The van der Waals surface area contributed by atoms with Gasteiger partial charge in [0.1, 0.15) is 6.54 Å². The molecule has 0 saturated carbocycles.